The van der Waals surface area contributed by atoms with Crippen molar-refractivity contribution in [3.05, 3.63) is 60.1 Å². The molecule has 0 aliphatic carbocycles. The number of amides is 1. The summed E-state index contributed by atoms with van der Waals surface area (Å²) in [5.41, 5.74) is 1.70. The number of unbranched alkanes of at least 4 members (excludes halogenated alkanes) is 1. The minimum absolute atomic E-state index is 0.0354. The normalized spacial score (nSPS) is 15.0. The van der Waals surface area contributed by atoms with Gasteiger partial charge in [-0.3, -0.25) is 9.69 Å². The molecule has 0 spiro atoms. The van der Waals surface area contributed by atoms with Crippen LogP contribution in [0.2, 0.25) is 0 Å². The summed E-state index contributed by atoms with van der Waals surface area (Å²) in [4.78, 5) is 27.6. The van der Waals surface area contributed by atoms with Crippen LogP contribution in [-0.2, 0) is 0 Å². The van der Waals surface area contributed by atoms with Crippen molar-refractivity contribution >= 4 is 17.8 Å². The molecule has 1 aliphatic heterocycles. The third-order valence-corrected chi connectivity index (χ3v) is 5.24. The van der Waals surface area contributed by atoms with Crippen molar-refractivity contribution in [2.45, 2.75) is 19.8 Å². The van der Waals surface area contributed by atoms with E-state index in [4.69, 9.17) is 0 Å². The highest BCUT2D eigenvalue weighted by Gasteiger charge is 2.20. The first-order chi connectivity index (χ1) is 14.2. The molecule has 0 saturated carbocycles. The molecule has 29 heavy (non-hydrogen) atoms. The number of anilines is 1. The Morgan fingerprint density at radius 3 is 2.62 bits per heavy atom. The molecule has 1 amide bonds. The molecule has 0 atom stereocenters. The standard InChI is InChI=1S/C23H31N5O/c1-3-4-12-26(2)23(29)21-18-22(25-19-24-21)28-16-14-27(15-17-28)13-8-11-20-9-6-5-7-10-20/h5-11,18-19H,3-4,12-17H2,1-2H3/b11-8+. The van der Waals surface area contributed by atoms with Gasteiger partial charge in [-0.25, -0.2) is 9.97 Å². The largest absolute Gasteiger partial charge is 0.354 e. The number of piperazine rings is 1. The fourth-order valence-corrected chi connectivity index (χ4v) is 3.39. The fourth-order valence-electron chi connectivity index (χ4n) is 3.39. The fraction of sp³-hybridized carbons (Fsp3) is 0.435. The maximum atomic E-state index is 12.6. The Labute approximate surface area is 173 Å². The smallest absolute Gasteiger partial charge is 0.272 e. The van der Waals surface area contributed by atoms with E-state index in [9.17, 15) is 4.79 Å². The number of hydrogen-bond acceptors (Lipinski definition) is 5. The van der Waals surface area contributed by atoms with Crippen LogP contribution in [0.15, 0.2) is 48.8 Å². The number of benzene rings is 1. The van der Waals surface area contributed by atoms with Gasteiger partial charge in [-0.1, -0.05) is 55.8 Å². The zero-order chi connectivity index (χ0) is 20.5. The molecule has 3 rings (SSSR count). The van der Waals surface area contributed by atoms with Gasteiger partial charge in [0.15, 0.2) is 0 Å². The molecule has 6 heteroatoms. The summed E-state index contributed by atoms with van der Waals surface area (Å²) in [6.07, 6.45) is 7.96. The molecule has 1 saturated heterocycles. The van der Waals surface area contributed by atoms with Gasteiger partial charge in [0.05, 0.1) is 0 Å². The van der Waals surface area contributed by atoms with E-state index < -0.39 is 0 Å². The van der Waals surface area contributed by atoms with Crippen molar-refractivity contribution in [2.24, 2.45) is 0 Å². The predicted molar refractivity (Wildman–Crippen MR) is 118 cm³/mol. The van der Waals surface area contributed by atoms with Gasteiger partial charge in [-0.05, 0) is 12.0 Å². The number of nitrogens with zero attached hydrogens (tertiary/aromatic N) is 5. The average molecular weight is 394 g/mol. The summed E-state index contributed by atoms with van der Waals surface area (Å²) in [5, 5.41) is 0. The van der Waals surface area contributed by atoms with Gasteiger partial charge < -0.3 is 9.80 Å². The predicted octanol–water partition coefficient (Wildman–Crippen LogP) is 3.18. The highest BCUT2D eigenvalue weighted by Crippen LogP contribution is 2.15. The molecule has 0 N–H and O–H groups in total. The van der Waals surface area contributed by atoms with Gasteiger partial charge in [0.2, 0.25) is 0 Å². The second kappa shape index (κ2) is 10.7. The Morgan fingerprint density at radius 2 is 1.90 bits per heavy atom. The third-order valence-electron chi connectivity index (χ3n) is 5.24. The quantitative estimate of drug-likeness (QED) is 0.689. The highest BCUT2D eigenvalue weighted by atomic mass is 16.2. The van der Waals surface area contributed by atoms with E-state index >= 15 is 0 Å². The lowest BCUT2D eigenvalue weighted by Crippen LogP contribution is -2.46. The summed E-state index contributed by atoms with van der Waals surface area (Å²) < 4.78 is 0. The molecule has 1 aromatic carbocycles. The minimum Gasteiger partial charge on any atom is -0.354 e. The third kappa shape index (κ3) is 6.12. The summed E-state index contributed by atoms with van der Waals surface area (Å²) in [6.45, 7) is 7.57. The lowest BCUT2D eigenvalue weighted by Gasteiger charge is -2.34. The van der Waals surface area contributed by atoms with Crippen LogP contribution in [-0.4, -0.2) is 72.0 Å². The Bertz CT molecular complexity index is 800. The summed E-state index contributed by atoms with van der Waals surface area (Å²) in [5.74, 6) is 0.804. The van der Waals surface area contributed by atoms with E-state index in [2.05, 4.69) is 63.1 Å². The van der Waals surface area contributed by atoms with Gasteiger partial charge in [0.25, 0.3) is 5.91 Å². The topological polar surface area (TPSA) is 52.6 Å². The lowest BCUT2D eigenvalue weighted by atomic mass is 10.2. The van der Waals surface area contributed by atoms with E-state index in [1.54, 1.807) is 4.90 Å². The number of rotatable bonds is 8. The van der Waals surface area contributed by atoms with Crippen molar-refractivity contribution in [3.63, 3.8) is 0 Å². The van der Waals surface area contributed by atoms with E-state index in [0.29, 0.717) is 5.69 Å². The lowest BCUT2D eigenvalue weighted by molar-refractivity contribution is 0.0787. The molecule has 154 valence electrons. The summed E-state index contributed by atoms with van der Waals surface area (Å²) in [7, 11) is 1.83. The Balaban J connectivity index is 1.51. The maximum absolute atomic E-state index is 12.6. The summed E-state index contributed by atoms with van der Waals surface area (Å²) in [6, 6.07) is 12.2. The Hall–Kier alpha value is -2.73. The molecule has 0 unspecified atom stereocenters. The highest BCUT2D eigenvalue weighted by molar-refractivity contribution is 5.92. The zero-order valence-corrected chi connectivity index (χ0v) is 17.5. The number of aromatic nitrogens is 2. The van der Waals surface area contributed by atoms with Crippen LogP contribution in [0.25, 0.3) is 6.08 Å². The van der Waals surface area contributed by atoms with Gasteiger partial charge >= 0.3 is 0 Å². The van der Waals surface area contributed by atoms with E-state index in [-0.39, 0.29) is 5.91 Å². The minimum atomic E-state index is -0.0354. The Kier molecular flexibility index (Phi) is 7.76. The Morgan fingerprint density at radius 1 is 1.14 bits per heavy atom. The first-order valence-corrected chi connectivity index (χ1v) is 10.4. The summed E-state index contributed by atoms with van der Waals surface area (Å²) >= 11 is 0. The van der Waals surface area contributed by atoms with Crippen molar-refractivity contribution in [2.75, 3.05) is 51.2 Å². The monoisotopic (exact) mass is 393 g/mol. The molecule has 2 heterocycles. The van der Waals surface area contributed by atoms with Crippen molar-refractivity contribution in [3.8, 4) is 0 Å². The van der Waals surface area contributed by atoms with E-state index in [1.807, 2.05) is 19.2 Å². The van der Waals surface area contributed by atoms with Crippen LogP contribution in [0.1, 0.15) is 35.8 Å². The first-order valence-electron chi connectivity index (χ1n) is 10.4. The van der Waals surface area contributed by atoms with Crippen LogP contribution < -0.4 is 4.90 Å². The number of carbonyl (C=O) groups is 1. The molecule has 1 aliphatic rings. The van der Waals surface area contributed by atoms with Crippen molar-refractivity contribution < 1.29 is 4.79 Å². The number of hydrogen-bond donors (Lipinski definition) is 0. The number of carbonyl (C=O) groups excluding carboxylic acids is 1. The average Bonchev–Trinajstić information content (AvgIpc) is 2.78. The van der Waals surface area contributed by atoms with Crippen LogP contribution >= 0.6 is 0 Å². The first kappa shape index (κ1) is 21.0. The van der Waals surface area contributed by atoms with Crippen LogP contribution in [0.3, 0.4) is 0 Å². The molecule has 0 radical (unpaired) electrons. The second-order valence-electron chi connectivity index (χ2n) is 7.44. The van der Waals surface area contributed by atoms with Crippen LogP contribution in [0.5, 0.6) is 0 Å². The molecule has 1 aromatic heterocycles. The van der Waals surface area contributed by atoms with Crippen molar-refractivity contribution in [1.82, 2.24) is 19.8 Å². The SMILES string of the molecule is CCCCN(C)C(=O)c1cc(N2CCN(C/C=C/c3ccccc3)CC2)ncn1. The van der Waals surface area contributed by atoms with Gasteiger partial charge in [0.1, 0.15) is 17.8 Å². The van der Waals surface area contributed by atoms with Gasteiger partial charge in [-0.15, -0.1) is 0 Å². The maximum Gasteiger partial charge on any atom is 0.272 e. The van der Waals surface area contributed by atoms with Crippen LogP contribution in [0.4, 0.5) is 5.82 Å². The second-order valence-corrected chi connectivity index (χ2v) is 7.44. The van der Waals surface area contributed by atoms with Crippen LogP contribution in [0, 0.1) is 0 Å². The molecule has 6 nitrogen and oxygen atoms in total. The molecular formula is C23H31N5O. The van der Waals surface area contributed by atoms with Crippen molar-refractivity contribution in [1.29, 1.82) is 0 Å². The molecule has 0 bridgehead atoms. The van der Waals surface area contributed by atoms with Gasteiger partial charge in [-0.2, -0.15) is 0 Å². The van der Waals surface area contributed by atoms with E-state index in [1.165, 1.54) is 11.9 Å². The molecular weight excluding hydrogens is 362 g/mol. The van der Waals surface area contributed by atoms with Gasteiger partial charge in [0, 0.05) is 52.4 Å². The molecule has 1 fully saturated rings. The van der Waals surface area contributed by atoms with E-state index in [0.717, 1.165) is 57.9 Å². The zero-order valence-electron chi connectivity index (χ0n) is 17.5. The molecule has 2 aromatic rings.